The molecule has 3 aromatic heterocycles. The number of hydrogen-bond donors (Lipinski definition) is 0. The maximum Gasteiger partial charge on any atom is 0.280 e. The third-order valence-electron chi connectivity index (χ3n) is 2.07. The highest BCUT2D eigenvalue weighted by atomic mass is 16.5. The molecule has 0 atom stereocenters. The third-order valence-corrected chi connectivity index (χ3v) is 2.07. The van der Waals surface area contributed by atoms with Gasteiger partial charge >= 0.3 is 0 Å². The molecule has 0 bridgehead atoms. The Balaban J connectivity index is 1.99. The summed E-state index contributed by atoms with van der Waals surface area (Å²) in [5.41, 5.74) is 1.05. The summed E-state index contributed by atoms with van der Waals surface area (Å²) < 4.78 is 10.00. The summed E-state index contributed by atoms with van der Waals surface area (Å²) in [6, 6.07) is 1.72. The zero-order valence-electron chi connectivity index (χ0n) is 8.86. The molecule has 0 fully saturated rings. The number of rotatable bonds is 2. The standard InChI is InChI=1S/C10H7N5O2/c1-6-4-7(14-16-6)10-13-9(15-17-10)8-5-11-2-3-12-8/h2-5H,1H3. The van der Waals surface area contributed by atoms with Crippen LogP contribution in [0.2, 0.25) is 0 Å². The lowest BCUT2D eigenvalue weighted by molar-refractivity contribution is 0.390. The van der Waals surface area contributed by atoms with Crippen LogP contribution in [0.3, 0.4) is 0 Å². The SMILES string of the molecule is Cc1cc(-c2nc(-c3cnccn3)no2)no1. The highest BCUT2D eigenvalue weighted by Gasteiger charge is 2.14. The molecule has 0 radical (unpaired) electrons. The van der Waals surface area contributed by atoms with Crippen LogP contribution in [-0.4, -0.2) is 25.3 Å². The van der Waals surface area contributed by atoms with Crippen molar-refractivity contribution in [1.82, 2.24) is 25.3 Å². The Kier molecular flexibility index (Phi) is 2.14. The Morgan fingerprint density at radius 2 is 2.00 bits per heavy atom. The molecule has 3 heterocycles. The zero-order chi connectivity index (χ0) is 11.7. The van der Waals surface area contributed by atoms with Crippen LogP contribution in [0.1, 0.15) is 5.76 Å². The normalized spacial score (nSPS) is 10.6. The molecular weight excluding hydrogens is 222 g/mol. The Morgan fingerprint density at radius 1 is 1.06 bits per heavy atom. The van der Waals surface area contributed by atoms with E-state index < -0.39 is 0 Å². The molecule has 3 rings (SSSR count). The van der Waals surface area contributed by atoms with E-state index in [-0.39, 0.29) is 0 Å². The van der Waals surface area contributed by atoms with Crippen LogP contribution < -0.4 is 0 Å². The van der Waals surface area contributed by atoms with Crippen LogP contribution >= 0.6 is 0 Å². The van der Waals surface area contributed by atoms with Gasteiger partial charge in [-0.15, -0.1) is 0 Å². The first kappa shape index (κ1) is 9.64. The quantitative estimate of drug-likeness (QED) is 0.657. The van der Waals surface area contributed by atoms with Gasteiger partial charge in [0.15, 0.2) is 5.69 Å². The maximum atomic E-state index is 5.07. The van der Waals surface area contributed by atoms with E-state index in [0.717, 1.165) is 0 Å². The van der Waals surface area contributed by atoms with Gasteiger partial charge in [0.1, 0.15) is 11.5 Å². The lowest BCUT2D eigenvalue weighted by Gasteiger charge is -1.88. The molecule has 3 aromatic rings. The predicted octanol–water partition coefficient (Wildman–Crippen LogP) is 1.49. The van der Waals surface area contributed by atoms with Crippen LogP contribution in [0.4, 0.5) is 0 Å². The first-order valence-electron chi connectivity index (χ1n) is 4.87. The Bertz CT molecular complexity index is 631. The van der Waals surface area contributed by atoms with Crippen molar-refractivity contribution in [3.05, 3.63) is 30.4 Å². The van der Waals surface area contributed by atoms with E-state index in [9.17, 15) is 0 Å². The number of aromatic nitrogens is 5. The average molecular weight is 229 g/mol. The highest BCUT2D eigenvalue weighted by molar-refractivity contribution is 5.52. The van der Waals surface area contributed by atoms with Crippen LogP contribution in [0, 0.1) is 6.92 Å². The van der Waals surface area contributed by atoms with Crippen LogP contribution in [-0.2, 0) is 0 Å². The molecule has 0 spiro atoms. The molecule has 0 aliphatic carbocycles. The molecule has 7 nitrogen and oxygen atoms in total. The fraction of sp³-hybridized carbons (Fsp3) is 0.100. The van der Waals surface area contributed by atoms with Gasteiger partial charge in [0, 0.05) is 18.5 Å². The summed E-state index contributed by atoms with van der Waals surface area (Å²) in [6.07, 6.45) is 4.69. The van der Waals surface area contributed by atoms with Crippen molar-refractivity contribution >= 4 is 0 Å². The highest BCUT2D eigenvalue weighted by Crippen LogP contribution is 2.19. The minimum Gasteiger partial charge on any atom is -0.361 e. The van der Waals surface area contributed by atoms with Crippen LogP contribution in [0.15, 0.2) is 33.7 Å². The van der Waals surface area contributed by atoms with Gasteiger partial charge in [0.2, 0.25) is 5.82 Å². The second-order valence-corrected chi connectivity index (χ2v) is 3.34. The molecular formula is C10H7N5O2. The largest absolute Gasteiger partial charge is 0.361 e. The number of aryl methyl sites for hydroxylation is 1. The van der Waals surface area contributed by atoms with Crippen molar-refractivity contribution in [1.29, 1.82) is 0 Å². The maximum absolute atomic E-state index is 5.07. The minimum atomic E-state index is 0.294. The summed E-state index contributed by atoms with van der Waals surface area (Å²) in [6.45, 7) is 1.79. The van der Waals surface area contributed by atoms with Crippen LogP contribution in [0.5, 0.6) is 0 Å². The molecule has 0 N–H and O–H groups in total. The minimum absolute atomic E-state index is 0.294. The first-order valence-corrected chi connectivity index (χ1v) is 4.87. The molecule has 0 aliphatic rings. The molecule has 7 heteroatoms. The van der Waals surface area contributed by atoms with E-state index in [1.807, 2.05) is 0 Å². The average Bonchev–Trinajstić information content (AvgIpc) is 2.98. The summed E-state index contributed by atoms with van der Waals surface area (Å²) in [5.74, 6) is 1.34. The molecule has 0 unspecified atom stereocenters. The van der Waals surface area contributed by atoms with Gasteiger partial charge in [-0.1, -0.05) is 10.3 Å². The van der Waals surface area contributed by atoms with E-state index in [1.54, 1.807) is 31.6 Å². The van der Waals surface area contributed by atoms with Crippen LogP contribution in [0.25, 0.3) is 23.1 Å². The fourth-order valence-electron chi connectivity index (χ4n) is 1.31. The van der Waals surface area contributed by atoms with E-state index in [1.165, 1.54) is 0 Å². The van der Waals surface area contributed by atoms with Gasteiger partial charge in [-0.05, 0) is 6.92 Å². The molecule has 0 aliphatic heterocycles. The second kappa shape index (κ2) is 3.78. The predicted molar refractivity (Wildman–Crippen MR) is 55.6 cm³/mol. The van der Waals surface area contributed by atoms with E-state index in [0.29, 0.717) is 28.9 Å². The fourth-order valence-corrected chi connectivity index (χ4v) is 1.31. The smallest absolute Gasteiger partial charge is 0.280 e. The third kappa shape index (κ3) is 1.78. The van der Waals surface area contributed by atoms with Gasteiger partial charge in [-0.2, -0.15) is 4.98 Å². The van der Waals surface area contributed by atoms with Gasteiger partial charge in [-0.25, -0.2) is 4.98 Å². The molecule has 0 aromatic carbocycles. The zero-order valence-corrected chi connectivity index (χ0v) is 8.86. The van der Waals surface area contributed by atoms with Gasteiger partial charge in [-0.3, -0.25) is 4.98 Å². The molecule has 17 heavy (non-hydrogen) atoms. The van der Waals surface area contributed by atoms with Gasteiger partial charge < -0.3 is 9.05 Å². The van der Waals surface area contributed by atoms with Crippen molar-refractivity contribution < 1.29 is 9.05 Å². The second-order valence-electron chi connectivity index (χ2n) is 3.34. The van der Waals surface area contributed by atoms with Gasteiger partial charge in [0.25, 0.3) is 5.89 Å². The first-order chi connectivity index (χ1) is 8.33. The van der Waals surface area contributed by atoms with Gasteiger partial charge in [0.05, 0.1) is 6.20 Å². The molecule has 0 amide bonds. The Labute approximate surface area is 95.5 Å². The summed E-state index contributed by atoms with van der Waals surface area (Å²) in [5, 5.41) is 7.59. The lowest BCUT2D eigenvalue weighted by Crippen LogP contribution is -1.86. The summed E-state index contributed by atoms with van der Waals surface area (Å²) in [7, 11) is 0. The summed E-state index contributed by atoms with van der Waals surface area (Å²) >= 11 is 0. The number of nitrogens with zero attached hydrogens (tertiary/aromatic N) is 5. The van der Waals surface area contributed by atoms with E-state index >= 15 is 0 Å². The Hall–Kier alpha value is -2.57. The van der Waals surface area contributed by atoms with E-state index in [2.05, 4.69) is 25.3 Å². The van der Waals surface area contributed by atoms with Crippen molar-refractivity contribution in [2.75, 3.05) is 0 Å². The summed E-state index contributed by atoms with van der Waals surface area (Å²) in [4.78, 5) is 12.2. The molecule has 0 saturated carbocycles. The van der Waals surface area contributed by atoms with E-state index in [4.69, 9.17) is 9.05 Å². The topological polar surface area (TPSA) is 90.7 Å². The monoisotopic (exact) mass is 229 g/mol. The van der Waals surface area contributed by atoms with Crippen molar-refractivity contribution in [2.45, 2.75) is 6.92 Å². The Morgan fingerprint density at radius 3 is 2.71 bits per heavy atom. The number of hydrogen-bond acceptors (Lipinski definition) is 7. The van der Waals surface area contributed by atoms with Crippen molar-refractivity contribution in [3.63, 3.8) is 0 Å². The van der Waals surface area contributed by atoms with Crippen molar-refractivity contribution in [3.8, 4) is 23.1 Å². The van der Waals surface area contributed by atoms with Crippen molar-refractivity contribution in [2.24, 2.45) is 0 Å². The molecule has 0 saturated heterocycles. The molecule has 84 valence electrons. The lowest BCUT2D eigenvalue weighted by atomic mass is 10.4.